The summed E-state index contributed by atoms with van der Waals surface area (Å²) in [6.07, 6.45) is 6.77. The zero-order chi connectivity index (χ0) is 24.5. The van der Waals surface area contributed by atoms with E-state index in [1.807, 2.05) is 60.8 Å². The van der Waals surface area contributed by atoms with Crippen LogP contribution in [0.25, 0.3) is 31.8 Å². The maximum absolute atomic E-state index is 13.0. The van der Waals surface area contributed by atoms with Crippen molar-refractivity contribution in [3.05, 3.63) is 84.2 Å². The SMILES string of the molecule is O=C(Nc1ccccc1-c1nc2cc(CC[C@@H]3CCC[C@H]3O)cnc2s1)c1ccc2ccccc2n1. The number of thiazole rings is 1. The van der Waals surface area contributed by atoms with Gasteiger partial charge in [0.25, 0.3) is 5.91 Å². The number of rotatable bonds is 6. The van der Waals surface area contributed by atoms with Crippen LogP contribution in [0.15, 0.2) is 72.9 Å². The predicted molar refractivity (Wildman–Crippen MR) is 144 cm³/mol. The van der Waals surface area contributed by atoms with Crippen molar-refractivity contribution >= 4 is 44.2 Å². The fourth-order valence-electron chi connectivity index (χ4n) is 4.98. The Morgan fingerprint density at radius 2 is 1.86 bits per heavy atom. The maximum atomic E-state index is 13.0. The lowest BCUT2D eigenvalue weighted by atomic mass is 9.97. The topological polar surface area (TPSA) is 88.0 Å². The zero-order valence-corrected chi connectivity index (χ0v) is 20.5. The Morgan fingerprint density at radius 1 is 1.00 bits per heavy atom. The lowest BCUT2D eigenvalue weighted by molar-refractivity contribution is 0.102. The lowest BCUT2D eigenvalue weighted by Gasteiger charge is -2.13. The molecule has 2 N–H and O–H groups in total. The maximum Gasteiger partial charge on any atom is 0.274 e. The van der Waals surface area contributed by atoms with Crippen LogP contribution in [0, 0.1) is 5.92 Å². The molecule has 36 heavy (non-hydrogen) atoms. The highest BCUT2D eigenvalue weighted by Gasteiger charge is 2.24. The number of benzene rings is 2. The third-order valence-electron chi connectivity index (χ3n) is 6.96. The molecule has 1 aliphatic rings. The third kappa shape index (κ3) is 4.59. The first kappa shape index (κ1) is 22.8. The van der Waals surface area contributed by atoms with Crippen LogP contribution < -0.4 is 5.32 Å². The largest absolute Gasteiger partial charge is 0.393 e. The first-order chi connectivity index (χ1) is 17.6. The molecule has 3 heterocycles. The molecule has 0 radical (unpaired) electrons. The first-order valence-corrected chi connectivity index (χ1v) is 13.2. The fraction of sp³-hybridized carbons (Fsp3) is 0.241. The summed E-state index contributed by atoms with van der Waals surface area (Å²) in [7, 11) is 0. The Hall–Kier alpha value is -3.68. The third-order valence-corrected chi connectivity index (χ3v) is 7.98. The fourth-order valence-corrected chi connectivity index (χ4v) is 5.91. The number of anilines is 1. The molecule has 0 unspecified atom stereocenters. The number of hydrogen-bond acceptors (Lipinski definition) is 6. The number of aliphatic hydroxyl groups excluding tert-OH is 1. The van der Waals surface area contributed by atoms with E-state index in [1.54, 1.807) is 6.07 Å². The second-order valence-electron chi connectivity index (χ2n) is 9.37. The van der Waals surface area contributed by atoms with Crippen molar-refractivity contribution in [2.24, 2.45) is 5.92 Å². The average Bonchev–Trinajstić information content (AvgIpc) is 3.52. The van der Waals surface area contributed by atoms with E-state index in [9.17, 15) is 9.90 Å². The molecule has 6 nitrogen and oxygen atoms in total. The zero-order valence-electron chi connectivity index (χ0n) is 19.7. The van der Waals surface area contributed by atoms with Crippen molar-refractivity contribution in [2.45, 2.75) is 38.2 Å². The Labute approximate surface area is 213 Å². The van der Waals surface area contributed by atoms with Gasteiger partial charge in [-0.1, -0.05) is 54.2 Å². The van der Waals surface area contributed by atoms with E-state index in [2.05, 4.69) is 21.4 Å². The smallest absolute Gasteiger partial charge is 0.274 e. The summed E-state index contributed by atoms with van der Waals surface area (Å²) in [5, 5.41) is 14.9. The van der Waals surface area contributed by atoms with E-state index in [4.69, 9.17) is 4.98 Å². The van der Waals surface area contributed by atoms with Crippen molar-refractivity contribution in [3.8, 4) is 10.6 Å². The van der Waals surface area contributed by atoms with E-state index >= 15 is 0 Å². The van der Waals surface area contributed by atoms with Gasteiger partial charge in [0.15, 0.2) is 0 Å². The van der Waals surface area contributed by atoms with Crippen LogP contribution >= 0.6 is 11.3 Å². The van der Waals surface area contributed by atoms with Crippen LogP contribution in [0.4, 0.5) is 5.69 Å². The number of aliphatic hydroxyl groups is 1. The number of para-hydroxylation sites is 2. The van der Waals surface area contributed by atoms with Crippen molar-refractivity contribution in [1.29, 1.82) is 0 Å². The molecule has 7 heteroatoms. The molecule has 1 fully saturated rings. The van der Waals surface area contributed by atoms with Crippen molar-refractivity contribution in [3.63, 3.8) is 0 Å². The number of hydrogen-bond donors (Lipinski definition) is 2. The minimum Gasteiger partial charge on any atom is -0.393 e. The van der Waals surface area contributed by atoms with Crippen molar-refractivity contribution in [1.82, 2.24) is 15.0 Å². The Kier molecular flexibility index (Phi) is 6.17. The van der Waals surface area contributed by atoms with Crippen LogP contribution in [0.5, 0.6) is 0 Å². The standard InChI is InChI=1S/C29H26N4O2S/c34-26-11-5-7-20(26)13-12-18-16-25-29(30-17-18)36-28(33-25)21-8-2-4-10-23(21)32-27(35)24-15-14-19-6-1-3-9-22(19)31-24/h1-4,6,8-10,14-17,20,26,34H,5,7,11-13H2,(H,32,35)/t20-,26+/m0/s1. The highest BCUT2D eigenvalue weighted by Crippen LogP contribution is 2.35. The van der Waals surface area contributed by atoms with Gasteiger partial charge in [-0.05, 0) is 67.5 Å². The number of fused-ring (bicyclic) bond motifs is 2. The summed E-state index contributed by atoms with van der Waals surface area (Å²) in [4.78, 5) is 27.9. The second-order valence-corrected chi connectivity index (χ2v) is 10.4. The van der Waals surface area contributed by atoms with E-state index < -0.39 is 0 Å². The highest BCUT2D eigenvalue weighted by molar-refractivity contribution is 7.21. The molecule has 2 atom stereocenters. The number of aryl methyl sites for hydroxylation is 1. The Morgan fingerprint density at radius 3 is 2.75 bits per heavy atom. The van der Waals surface area contributed by atoms with Gasteiger partial charge in [0, 0.05) is 17.1 Å². The van der Waals surface area contributed by atoms with Gasteiger partial charge in [-0.15, -0.1) is 0 Å². The molecule has 0 spiro atoms. The van der Waals surface area contributed by atoms with Crippen LogP contribution in [0.1, 0.15) is 41.7 Å². The number of nitrogens with one attached hydrogen (secondary N) is 1. The molecule has 0 saturated heterocycles. The molecular weight excluding hydrogens is 468 g/mol. The minimum atomic E-state index is -0.260. The molecule has 3 aromatic heterocycles. The highest BCUT2D eigenvalue weighted by atomic mass is 32.1. The second kappa shape index (κ2) is 9.76. The van der Waals surface area contributed by atoms with E-state index in [0.29, 0.717) is 17.3 Å². The van der Waals surface area contributed by atoms with E-state index in [1.165, 1.54) is 11.3 Å². The van der Waals surface area contributed by atoms with Gasteiger partial charge in [0.05, 0.1) is 17.3 Å². The molecular formula is C29H26N4O2S. The number of carbonyl (C=O) groups excluding carboxylic acids is 1. The monoisotopic (exact) mass is 494 g/mol. The van der Waals surface area contributed by atoms with Crippen LogP contribution in [0.2, 0.25) is 0 Å². The van der Waals surface area contributed by atoms with Crippen LogP contribution in [-0.4, -0.2) is 32.1 Å². The van der Waals surface area contributed by atoms with Gasteiger partial charge < -0.3 is 10.4 Å². The Bertz CT molecular complexity index is 1560. The number of pyridine rings is 2. The molecule has 0 aliphatic heterocycles. The molecule has 2 aromatic carbocycles. The molecule has 6 rings (SSSR count). The van der Waals surface area contributed by atoms with Gasteiger partial charge in [0.1, 0.15) is 21.0 Å². The molecule has 180 valence electrons. The summed E-state index contributed by atoms with van der Waals surface area (Å²) >= 11 is 1.51. The molecule has 1 aliphatic carbocycles. The van der Waals surface area contributed by atoms with Crippen molar-refractivity contribution in [2.75, 3.05) is 5.32 Å². The number of aromatic nitrogens is 3. The lowest BCUT2D eigenvalue weighted by Crippen LogP contribution is -2.14. The van der Waals surface area contributed by atoms with Crippen LogP contribution in [0.3, 0.4) is 0 Å². The molecule has 1 amide bonds. The quantitative estimate of drug-likeness (QED) is 0.291. The molecule has 1 saturated carbocycles. The first-order valence-electron chi connectivity index (χ1n) is 12.3. The number of nitrogens with zero attached hydrogens (tertiary/aromatic N) is 3. The van der Waals surface area contributed by atoms with E-state index in [0.717, 1.165) is 69.5 Å². The van der Waals surface area contributed by atoms with Gasteiger partial charge >= 0.3 is 0 Å². The van der Waals surface area contributed by atoms with Gasteiger partial charge in [-0.2, -0.15) is 0 Å². The average molecular weight is 495 g/mol. The summed E-state index contributed by atoms with van der Waals surface area (Å²) in [6, 6.07) is 21.2. The molecule has 0 bridgehead atoms. The van der Waals surface area contributed by atoms with Crippen LogP contribution in [-0.2, 0) is 6.42 Å². The minimum absolute atomic E-state index is 0.163. The number of amides is 1. The predicted octanol–water partition coefficient (Wildman–Crippen LogP) is 6.25. The van der Waals surface area contributed by atoms with E-state index in [-0.39, 0.29) is 12.0 Å². The van der Waals surface area contributed by atoms with Gasteiger partial charge in [-0.25, -0.2) is 15.0 Å². The van der Waals surface area contributed by atoms with Gasteiger partial charge in [0.2, 0.25) is 0 Å². The molecule has 5 aromatic rings. The Balaban J connectivity index is 1.23. The van der Waals surface area contributed by atoms with Gasteiger partial charge in [-0.3, -0.25) is 4.79 Å². The summed E-state index contributed by atoms with van der Waals surface area (Å²) < 4.78 is 0. The normalized spacial score (nSPS) is 17.6. The van der Waals surface area contributed by atoms with Crippen molar-refractivity contribution < 1.29 is 9.90 Å². The number of carbonyl (C=O) groups is 1. The summed E-state index contributed by atoms with van der Waals surface area (Å²) in [6.45, 7) is 0. The summed E-state index contributed by atoms with van der Waals surface area (Å²) in [5.41, 5.74) is 4.69. The summed E-state index contributed by atoms with van der Waals surface area (Å²) in [5.74, 6) is 0.128.